The Labute approximate surface area is 177 Å². The fourth-order valence-electron chi connectivity index (χ4n) is 3.83. The first-order valence-corrected chi connectivity index (χ1v) is 11.0. The predicted octanol–water partition coefficient (Wildman–Crippen LogP) is 5.13. The van der Waals surface area contributed by atoms with E-state index < -0.39 is 0 Å². The predicted molar refractivity (Wildman–Crippen MR) is 119 cm³/mol. The summed E-state index contributed by atoms with van der Waals surface area (Å²) in [6.45, 7) is 4.37. The Bertz CT molecular complexity index is 746. The second-order valence-electron chi connectivity index (χ2n) is 7.13. The Morgan fingerprint density at radius 2 is 1.85 bits per heavy atom. The molecule has 0 unspecified atom stereocenters. The van der Waals surface area contributed by atoms with Crippen LogP contribution in [0.4, 0.5) is 5.82 Å². The van der Waals surface area contributed by atoms with Gasteiger partial charge in [-0.1, -0.05) is 23.7 Å². The molecule has 0 spiro atoms. The summed E-state index contributed by atoms with van der Waals surface area (Å²) < 4.78 is 0. The van der Waals surface area contributed by atoms with Crippen LogP contribution in [0.15, 0.2) is 35.4 Å². The highest BCUT2D eigenvalue weighted by Gasteiger charge is 2.16. The summed E-state index contributed by atoms with van der Waals surface area (Å²) in [6.07, 6.45) is 8.10. The monoisotopic (exact) mass is 423 g/mol. The van der Waals surface area contributed by atoms with Gasteiger partial charge in [0, 0.05) is 29.9 Å². The van der Waals surface area contributed by atoms with Gasteiger partial charge in [0.15, 0.2) is 0 Å². The number of anilines is 1. The Kier molecular flexibility index (Phi) is 7.71. The summed E-state index contributed by atoms with van der Waals surface area (Å²) in [5.74, 6) is 2.03. The van der Waals surface area contributed by atoms with Crippen LogP contribution in [0.2, 0.25) is 5.02 Å². The van der Waals surface area contributed by atoms with Crippen LogP contribution in [0.25, 0.3) is 0 Å². The summed E-state index contributed by atoms with van der Waals surface area (Å²) in [5, 5.41) is 4.37. The minimum Gasteiger partial charge on any atom is -0.357 e. The van der Waals surface area contributed by atoms with E-state index in [0.717, 1.165) is 55.6 Å². The molecule has 0 amide bonds. The molecule has 0 aliphatic carbocycles. The maximum Gasteiger partial charge on any atom is 0.128 e. The first kappa shape index (κ1) is 20.8. The standard InChI is InChI=1S/C21H26ClN3S.ClH/c22-19-6-5-17-8-10-23-11-9-18(17)21(19)26-15-16-4-7-20(24-14-16)25-12-2-1-3-13-25;/h4-7,14,23H,1-3,8-13,15H2;1H. The van der Waals surface area contributed by atoms with Crippen LogP contribution in [0.3, 0.4) is 0 Å². The van der Waals surface area contributed by atoms with Gasteiger partial charge in [-0.05, 0) is 74.0 Å². The molecule has 3 heterocycles. The minimum atomic E-state index is 0. The topological polar surface area (TPSA) is 28.2 Å². The van der Waals surface area contributed by atoms with Gasteiger partial charge in [0.2, 0.25) is 0 Å². The SMILES string of the molecule is Cl.Clc1ccc2c(c1SCc1ccc(N3CCCCC3)nc1)CCNCC2. The average Bonchev–Trinajstić information content (AvgIpc) is 2.94. The molecule has 1 aromatic heterocycles. The van der Waals surface area contributed by atoms with Crippen molar-refractivity contribution in [2.24, 2.45) is 0 Å². The largest absolute Gasteiger partial charge is 0.357 e. The zero-order chi connectivity index (χ0) is 17.8. The van der Waals surface area contributed by atoms with Gasteiger partial charge in [-0.15, -0.1) is 24.2 Å². The molecule has 0 radical (unpaired) electrons. The van der Waals surface area contributed by atoms with Crippen LogP contribution in [0, 0.1) is 0 Å². The number of aromatic nitrogens is 1. The molecule has 6 heteroatoms. The first-order valence-electron chi connectivity index (χ1n) is 9.65. The van der Waals surface area contributed by atoms with Crippen LogP contribution in [0.5, 0.6) is 0 Å². The highest BCUT2D eigenvalue weighted by Crippen LogP contribution is 2.36. The van der Waals surface area contributed by atoms with E-state index in [0.29, 0.717) is 0 Å². The van der Waals surface area contributed by atoms with Gasteiger partial charge in [0.25, 0.3) is 0 Å². The van der Waals surface area contributed by atoms with Crippen molar-refractivity contribution in [1.82, 2.24) is 10.3 Å². The number of pyridine rings is 1. The third kappa shape index (κ3) is 5.11. The number of halogens is 2. The van der Waals surface area contributed by atoms with Crippen molar-refractivity contribution in [2.75, 3.05) is 31.1 Å². The summed E-state index contributed by atoms with van der Waals surface area (Å²) in [6, 6.07) is 8.66. The van der Waals surface area contributed by atoms with Gasteiger partial charge < -0.3 is 10.2 Å². The Morgan fingerprint density at radius 3 is 2.63 bits per heavy atom. The number of fused-ring (bicyclic) bond motifs is 1. The third-order valence-electron chi connectivity index (χ3n) is 5.30. The maximum atomic E-state index is 6.54. The zero-order valence-corrected chi connectivity index (χ0v) is 17.9. The number of hydrogen-bond donors (Lipinski definition) is 1. The summed E-state index contributed by atoms with van der Waals surface area (Å²) in [4.78, 5) is 8.37. The molecular weight excluding hydrogens is 397 g/mol. The van der Waals surface area contributed by atoms with Crippen LogP contribution >= 0.6 is 35.8 Å². The van der Waals surface area contributed by atoms with Crippen LogP contribution in [0.1, 0.15) is 36.0 Å². The van der Waals surface area contributed by atoms with E-state index in [1.54, 1.807) is 0 Å². The molecule has 27 heavy (non-hydrogen) atoms. The van der Waals surface area contributed by atoms with Crippen molar-refractivity contribution in [2.45, 2.75) is 42.8 Å². The van der Waals surface area contributed by atoms with E-state index in [1.807, 2.05) is 18.0 Å². The highest BCUT2D eigenvalue weighted by atomic mass is 35.5. The van der Waals surface area contributed by atoms with Crippen molar-refractivity contribution in [3.8, 4) is 0 Å². The van der Waals surface area contributed by atoms with E-state index in [4.69, 9.17) is 16.6 Å². The molecule has 146 valence electrons. The van der Waals surface area contributed by atoms with Gasteiger partial charge in [-0.25, -0.2) is 4.98 Å². The van der Waals surface area contributed by atoms with Gasteiger partial charge in [0.05, 0.1) is 5.02 Å². The highest BCUT2D eigenvalue weighted by molar-refractivity contribution is 7.98. The van der Waals surface area contributed by atoms with E-state index in [2.05, 4.69) is 34.5 Å². The number of nitrogens with zero attached hydrogens (tertiary/aromatic N) is 2. The van der Waals surface area contributed by atoms with Gasteiger partial charge in [0.1, 0.15) is 5.82 Å². The van der Waals surface area contributed by atoms with Gasteiger partial charge in [-0.2, -0.15) is 0 Å². The Balaban J connectivity index is 0.00000210. The second kappa shape index (κ2) is 10.0. The van der Waals surface area contributed by atoms with Crippen LogP contribution in [-0.4, -0.2) is 31.2 Å². The van der Waals surface area contributed by atoms with Gasteiger partial charge >= 0.3 is 0 Å². The quantitative estimate of drug-likeness (QED) is 0.689. The van der Waals surface area contributed by atoms with Crippen molar-refractivity contribution >= 4 is 41.6 Å². The number of nitrogens with one attached hydrogen (secondary N) is 1. The van der Waals surface area contributed by atoms with Crippen molar-refractivity contribution in [3.63, 3.8) is 0 Å². The van der Waals surface area contributed by atoms with E-state index in [9.17, 15) is 0 Å². The van der Waals surface area contributed by atoms with Crippen LogP contribution < -0.4 is 10.2 Å². The lowest BCUT2D eigenvalue weighted by atomic mass is 10.0. The summed E-state index contributed by atoms with van der Waals surface area (Å²) in [5.41, 5.74) is 4.14. The zero-order valence-electron chi connectivity index (χ0n) is 15.5. The third-order valence-corrected chi connectivity index (χ3v) is 6.96. The number of rotatable bonds is 4. The molecule has 1 fully saturated rings. The number of thioether (sulfide) groups is 1. The second-order valence-corrected chi connectivity index (χ2v) is 8.52. The minimum absolute atomic E-state index is 0. The average molecular weight is 424 g/mol. The molecule has 1 saturated heterocycles. The van der Waals surface area contributed by atoms with Crippen molar-refractivity contribution in [3.05, 3.63) is 52.2 Å². The van der Waals surface area contributed by atoms with Crippen molar-refractivity contribution < 1.29 is 0 Å². The maximum absolute atomic E-state index is 6.54. The molecule has 2 aliphatic heterocycles. The lowest BCUT2D eigenvalue weighted by Crippen LogP contribution is -2.30. The number of benzene rings is 1. The molecule has 0 atom stereocenters. The van der Waals surface area contributed by atoms with Gasteiger partial charge in [-0.3, -0.25) is 0 Å². The first-order chi connectivity index (χ1) is 12.8. The molecule has 0 bridgehead atoms. The Hall–Kier alpha value is -0.940. The molecule has 2 aliphatic rings. The molecule has 4 rings (SSSR count). The van der Waals surface area contributed by atoms with Crippen LogP contribution in [-0.2, 0) is 18.6 Å². The number of piperidine rings is 1. The Morgan fingerprint density at radius 1 is 1.04 bits per heavy atom. The molecule has 1 N–H and O–H groups in total. The van der Waals surface area contributed by atoms with E-state index >= 15 is 0 Å². The van der Waals surface area contributed by atoms with E-state index in [-0.39, 0.29) is 12.4 Å². The molecule has 1 aromatic carbocycles. The van der Waals surface area contributed by atoms with Crippen molar-refractivity contribution in [1.29, 1.82) is 0 Å². The fraction of sp³-hybridized carbons (Fsp3) is 0.476. The lowest BCUT2D eigenvalue weighted by molar-refractivity contribution is 0.573. The fourth-order valence-corrected chi connectivity index (χ4v) is 5.27. The normalized spacial score (nSPS) is 17.0. The molecule has 0 saturated carbocycles. The lowest BCUT2D eigenvalue weighted by Gasteiger charge is -2.27. The molecule has 3 nitrogen and oxygen atoms in total. The number of hydrogen-bond acceptors (Lipinski definition) is 4. The summed E-state index contributed by atoms with van der Waals surface area (Å²) in [7, 11) is 0. The molecular formula is C21H27Cl2N3S. The molecule has 2 aromatic rings. The van der Waals surface area contributed by atoms with E-state index in [1.165, 1.54) is 40.8 Å². The smallest absolute Gasteiger partial charge is 0.128 e. The summed E-state index contributed by atoms with van der Waals surface area (Å²) >= 11 is 8.40.